The van der Waals surface area contributed by atoms with Crippen LogP contribution in [0.3, 0.4) is 0 Å². The molecular formula is C13H15N3O3. The van der Waals surface area contributed by atoms with Gasteiger partial charge in [0.05, 0.1) is 5.56 Å². The van der Waals surface area contributed by atoms with E-state index in [-0.39, 0.29) is 5.56 Å². The summed E-state index contributed by atoms with van der Waals surface area (Å²) in [7, 11) is 0. The van der Waals surface area contributed by atoms with Gasteiger partial charge in [-0.05, 0) is 19.1 Å². The maximum atomic E-state index is 11.1. The molecule has 19 heavy (non-hydrogen) atoms. The molecule has 0 amide bonds. The molecule has 0 unspecified atom stereocenters. The number of nitrogens with zero attached hydrogens (tertiary/aromatic N) is 2. The predicted octanol–water partition coefficient (Wildman–Crippen LogP) is 2.04. The van der Waals surface area contributed by atoms with Crippen LogP contribution in [0.2, 0.25) is 0 Å². The minimum Gasteiger partial charge on any atom is -0.478 e. The Hall–Kier alpha value is -2.37. The average Bonchev–Trinajstić information content (AvgIpc) is 2.77. The number of aromatic carboxylic acids is 1. The van der Waals surface area contributed by atoms with Crippen LogP contribution in [-0.2, 0) is 6.42 Å². The number of rotatable bonds is 5. The summed E-state index contributed by atoms with van der Waals surface area (Å²) < 4.78 is 4.86. The van der Waals surface area contributed by atoms with Gasteiger partial charge in [-0.3, -0.25) is 0 Å². The van der Waals surface area contributed by atoms with Gasteiger partial charge in [0, 0.05) is 25.6 Å². The van der Waals surface area contributed by atoms with Gasteiger partial charge in [0.25, 0.3) is 0 Å². The number of aromatic nitrogens is 2. The van der Waals surface area contributed by atoms with Crippen LogP contribution in [0.1, 0.15) is 27.6 Å². The number of carboxylic acids is 1. The van der Waals surface area contributed by atoms with E-state index in [1.54, 1.807) is 19.1 Å². The molecule has 1 heterocycles. The van der Waals surface area contributed by atoms with Gasteiger partial charge in [-0.25, -0.2) is 4.79 Å². The monoisotopic (exact) mass is 261 g/mol. The van der Waals surface area contributed by atoms with Crippen molar-refractivity contribution in [2.24, 2.45) is 0 Å². The lowest BCUT2D eigenvalue weighted by Gasteiger charge is -2.09. The predicted molar refractivity (Wildman–Crippen MR) is 69.4 cm³/mol. The van der Waals surface area contributed by atoms with Crippen molar-refractivity contribution in [1.82, 2.24) is 10.1 Å². The summed E-state index contributed by atoms with van der Waals surface area (Å²) in [6, 6.07) is 5.27. The molecule has 0 spiro atoms. The molecule has 2 rings (SSSR count). The van der Waals surface area contributed by atoms with Gasteiger partial charge in [0.1, 0.15) is 0 Å². The van der Waals surface area contributed by atoms with E-state index in [1.807, 2.05) is 13.0 Å². The van der Waals surface area contributed by atoms with Crippen molar-refractivity contribution in [2.45, 2.75) is 20.3 Å². The maximum absolute atomic E-state index is 11.1. The number of carboxylic acid groups (broad SMARTS) is 1. The molecule has 1 aromatic heterocycles. The van der Waals surface area contributed by atoms with E-state index in [0.29, 0.717) is 30.4 Å². The van der Waals surface area contributed by atoms with Crippen LogP contribution in [0.5, 0.6) is 0 Å². The van der Waals surface area contributed by atoms with Crippen molar-refractivity contribution in [3.05, 3.63) is 41.0 Å². The number of hydrogen-bond acceptors (Lipinski definition) is 5. The largest absolute Gasteiger partial charge is 0.478 e. The molecule has 0 saturated carbocycles. The molecule has 0 aliphatic carbocycles. The van der Waals surface area contributed by atoms with E-state index in [2.05, 4.69) is 15.5 Å². The third kappa shape index (κ3) is 3.31. The molecule has 6 heteroatoms. The normalized spacial score (nSPS) is 10.4. The van der Waals surface area contributed by atoms with E-state index in [4.69, 9.17) is 9.63 Å². The Balaban J connectivity index is 2.01. The lowest BCUT2D eigenvalue weighted by molar-refractivity contribution is 0.0698. The third-order valence-electron chi connectivity index (χ3n) is 2.64. The topological polar surface area (TPSA) is 88.3 Å². The molecule has 0 radical (unpaired) electrons. The molecule has 100 valence electrons. The van der Waals surface area contributed by atoms with Gasteiger partial charge in [-0.1, -0.05) is 16.8 Å². The third-order valence-corrected chi connectivity index (χ3v) is 2.64. The minimum absolute atomic E-state index is 0.268. The number of benzene rings is 1. The van der Waals surface area contributed by atoms with Crippen molar-refractivity contribution in [1.29, 1.82) is 0 Å². The summed E-state index contributed by atoms with van der Waals surface area (Å²) in [5.41, 5.74) is 1.78. The highest BCUT2D eigenvalue weighted by atomic mass is 16.5. The molecule has 0 aliphatic rings. The van der Waals surface area contributed by atoms with E-state index in [1.165, 1.54) is 0 Å². The van der Waals surface area contributed by atoms with E-state index < -0.39 is 5.97 Å². The summed E-state index contributed by atoms with van der Waals surface area (Å²) in [5, 5.41) is 16.0. The summed E-state index contributed by atoms with van der Waals surface area (Å²) >= 11 is 0. The van der Waals surface area contributed by atoms with Crippen LogP contribution >= 0.6 is 0 Å². The minimum atomic E-state index is -0.943. The summed E-state index contributed by atoms with van der Waals surface area (Å²) in [4.78, 5) is 15.2. The summed E-state index contributed by atoms with van der Waals surface area (Å²) in [6.45, 7) is 4.13. The van der Waals surface area contributed by atoms with Crippen LogP contribution in [0.4, 0.5) is 5.69 Å². The van der Waals surface area contributed by atoms with Gasteiger partial charge < -0.3 is 14.9 Å². The highest BCUT2D eigenvalue weighted by Crippen LogP contribution is 2.17. The fraction of sp³-hybridized carbons (Fsp3) is 0.308. The molecule has 0 aliphatic heterocycles. The number of hydrogen-bond donors (Lipinski definition) is 2. The zero-order valence-electron chi connectivity index (χ0n) is 10.8. The van der Waals surface area contributed by atoms with Gasteiger partial charge in [-0.2, -0.15) is 4.98 Å². The SMILES string of the molecule is Cc1ccc(NCCc2noc(C)n2)c(C(=O)O)c1. The summed E-state index contributed by atoms with van der Waals surface area (Å²) in [6.07, 6.45) is 0.574. The Morgan fingerprint density at radius 1 is 1.42 bits per heavy atom. The second-order valence-corrected chi connectivity index (χ2v) is 4.26. The molecular weight excluding hydrogens is 246 g/mol. The van der Waals surface area contributed by atoms with Crippen molar-refractivity contribution < 1.29 is 14.4 Å². The second-order valence-electron chi connectivity index (χ2n) is 4.26. The van der Waals surface area contributed by atoms with E-state index >= 15 is 0 Å². The van der Waals surface area contributed by atoms with Crippen LogP contribution < -0.4 is 5.32 Å². The Morgan fingerprint density at radius 3 is 2.84 bits per heavy atom. The van der Waals surface area contributed by atoms with Crippen molar-refractivity contribution in [3.63, 3.8) is 0 Å². The first-order chi connectivity index (χ1) is 9.06. The van der Waals surface area contributed by atoms with Crippen LogP contribution in [-0.4, -0.2) is 27.8 Å². The molecule has 6 nitrogen and oxygen atoms in total. The fourth-order valence-electron chi connectivity index (χ4n) is 1.74. The maximum Gasteiger partial charge on any atom is 0.337 e. The molecule has 0 atom stereocenters. The van der Waals surface area contributed by atoms with Crippen LogP contribution in [0.15, 0.2) is 22.7 Å². The Kier molecular flexibility index (Phi) is 3.79. The molecule has 0 bridgehead atoms. The number of aryl methyl sites for hydroxylation is 2. The molecule has 1 aromatic carbocycles. The Labute approximate surface area is 110 Å². The van der Waals surface area contributed by atoms with Gasteiger partial charge in [0.15, 0.2) is 5.82 Å². The number of anilines is 1. The lowest BCUT2D eigenvalue weighted by atomic mass is 10.1. The van der Waals surface area contributed by atoms with Crippen LogP contribution in [0.25, 0.3) is 0 Å². The van der Waals surface area contributed by atoms with Crippen molar-refractivity contribution >= 4 is 11.7 Å². The molecule has 2 aromatic rings. The van der Waals surface area contributed by atoms with Gasteiger partial charge >= 0.3 is 5.97 Å². The lowest BCUT2D eigenvalue weighted by Crippen LogP contribution is -2.10. The number of carbonyl (C=O) groups is 1. The Morgan fingerprint density at radius 2 is 2.21 bits per heavy atom. The number of nitrogens with one attached hydrogen (secondary N) is 1. The van der Waals surface area contributed by atoms with E-state index in [9.17, 15) is 4.79 Å². The van der Waals surface area contributed by atoms with Crippen LogP contribution in [0, 0.1) is 13.8 Å². The van der Waals surface area contributed by atoms with Gasteiger partial charge in [-0.15, -0.1) is 0 Å². The first-order valence-electron chi connectivity index (χ1n) is 5.93. The fourth-order valence-corrected chi connectivity index (χ4v) is 1.74. The summed E-state index contributed by atoms with van der Waals surface area (Å²) in [5.74, 6) is 0.187. The first kappa shape index (κ1) is 13.1. The zero-order chi connectivity index (χ0) is 13.8. The van der Waals surface area contributed by atoms with Gasteiger partial charge in [0.2, 0.25) is 5.89 Å². The molecule has 0 saturated heterocycles. The van der Waals surface area contributed by atoms with Crippen molar-refractivity contribution in [3.8, 4) is 0 Å². The first-order valence-corrected chi connectivity index (χ1v) is 5.93. The second kappa shape index (κ2) is 5.51. The molecule has 0 fully saturated rings. The van der Waals surface area contributed by atoms with E-state index in [0.717, 1.165) is 5.56 Å². The standard InChI is InChI=1S/C13H15N3O3/c1-8-3-4-11(10(7-8)13(17)18)14-6-5-12-15-9(2)19-16-12/h3-4,7,14H,5-6H2,1-2H3,(H,17,18). The highest BCUT2D eigenvalue weighted by molar-refractivity contribution is 5.94. The zero-order valence-corrected chi connectivity index (χ0v) is 10.8. The quantitative estimate of drug-likeness (QED) is 0.856. The highest BCUT2D eigenvalue weighted by Gasteiger charge is 2.10. The Bertz CT molecular complexity index is 593. The smallest absolute Gasteiger partial charge is 0.337 e. The molecule has 2 N–H and O–H groups in total. The average molecular weight is 261 g/mol. The van der Waals surface area contributed by atoms with Crippen molar-refractivity contribution in [2.75, 3.05) is 11.9 Å².